The molecule has 1 fully saturated rings. The second-order valence-electron chi connectivity index (χ2n) is 7.49. The first-order valence-electron chi connectivity index (χ1n) is 9.84. The molecule has 158 valence electrons. The Kier molecular flexibility index (Phi) is 5.78. The van der Waals surface area contributed by atoms with E-state index in [4.69, 9.17) is 0 Å². The number of H-pyrrole nitrogens is 1. The second-order valence-corrected chi connectivity index (χ2v) is 7.49. The second kappa shape index (κ2) is 8.49. The summed E-state index contributed by atoms with van der Waals surface area (Å²) in [5.41, 5.74) is 0.673. The molecule has 1 atom stereocenters. The van der Waals surface area contributed by atoms with Crippen molar-refractivity contribution in [3.63, 3.8) is 0 Å². The standard InChI is InChI=1S/C22H22F3N3O2/c23-15-2-1-14-11-17(26-22(30)18(14)12-15)4-6-21(29)28-9-7-27(8-10-28)20-5-3-16(24)13-19(20)25/h1-3,5,11-13,21,29H,4,6-10H2,(H,26,30). The Morgan fingerprint density at radius 3 is 2.40 bits per heavy atom. The lowest BCUT2D eigenvalue weighted by Crippen LogP contribution is -2.50. The first-order chi connectivity index (χ1) is 14.4. The lowest BCUT2D eigenvalue weighted by molar-refractivity contribution is -0.00538. The lowest BCUT2D eigenvalue weighted by atomic mass is 10.1. The highest BCUT2D eigenvalue weighted by atomic mass is 19.1. The molecule has 1 aromatic heterocycles. The summed E-state index contributed by atoms with van der Waals surface area (Å²) >= 11 is 0. The summed E-state index contributed by atoms with van der Waals surface area (Å²) in [4.78, 5) is 18.6. The smallest absolute Gasteiger partial charge is 0.256 e. The van der Waals surface area contributed by atoms with Crippen LogP contribution in [-0.4, -0.2) is 47.4 Å². The highest BCUT2D eigenvalue weighted by Crippen LogP contribution is 2.22. The Bertz CT molecular complexity index is 1110. The maximum Gasteiger partial charge on any atom is 0.256 e. The van der Waals surface area contributed by atoms with Gasteiger partial charge in [-0.05, 0) is 48.6 Å². The number of anilines is 1. The fraction of sp³-hybridized carbons (Fsp3) is 0.318. The van der Waals surface area contributed by atoms with E-state index in [-0.39, 0.29) is 5.56 Å². The van der Waals surface area contributed by atoms with Gasteiger partial charge in [-0.2, -0.15) is 0 Å². The van der Waals surface area contributed by atoms with Crippen LogP contribution < -0.4 is 10.5 Å². The van der Waals surface area contributed by atoms with Crippen LogP contribution in [0.3, 0.4) is 0 Å². The van der Waals surface area contributed by atoms with Crippen LogP contribution in [0.25, 0.3) is 10.8 Å². The molecule has 1 saturated heterocycles. The van der Waals surface area contributed by atoms with Gasteiger partial charge < -0.3 is 15.0 Å². The summed E-state index contributed by atoms with van der Waals surface area (Å²) < 4.78 is 40.4. The van der Waals surface area contributed by atoms with Gasteiger partial charge in [0.2, 0.25) is 0 Å². The average Bonchev–Trinajstić information content (AvgIpc) is 2.73. The number of aryl methyl sites for hydroxylation is 1. The van der Waals surface area contributed by atoms with Crippen LogP contribution in [0.1, 0.15) is 12.1 Å². The predicted molar refractivity (Wildman–Crippen MR) is 109 cm³/mol. The molecule has 2 N–H and O–H groups in total. The zero-order valence-corrected chi connectivity index (χ0v) is 16.2. The number of aliphatic hydroxyl groups is 1. The maximum absolute atomic E-state index is 14.0. The molecule has 0 spiro atoms. The van der Waals surface area contributed by atoms with E-state index in [0.717, 1.165) is 6.07 Å². The van der Waals surface area contributed by atoms with Gasteiger partial charge in [0.15, 0.2) is 0 Å². The van der Waals surface area contributed by atoms with E-state index in [2.05, 4.69) is 4.98 Å². The summed E-state index contributed by atoms with van der Waals surface area (Å²) in [6.45, 7) is 2.09. The summed E-state index contributed by atoms with van der Waals surface area (Å²) in [7, 11) is 0. The first kappa shape index (κ1) is 20.4. The number of hydrogen-bond donors (Lipinski definition) is 2. The van der Waals surface area contributed by atoms with Crippen molar-refractivity contribution < 1.29 is 18.3 Å². The first-order valence-corrected chi connectivity index (χ1v) is 9.84. The number of hydrogen-bond acceptors (Lipinski definition) is 4. The molecular formula is C22H22F3N3O2. The normalized spacial score (nSPS) is 16.2. The molecule has 0 saturated carbocycles. The minimum absolute atomic E-state index is 0.295. The van der Waals surface area contributed by atoms with Crippen molar-refractivity contribution in [2.45, 2.75) is 19.1 Å². The summed E-state index contributed by atoms with van der Waals surface area (Å²) in [5, 5.41) is 11.5. The molecule has 2 heterocycles. The van der Waals surface area contributed by atoms with Gasteiger partial charge >= 0.3 is 0 Å². The summed E-state index contributed by atoms with van der Waals surface area (Å²) in [6, 6.07) is 9.40. The molecule has 0 amide bonds. The van der Waals surface area contributed by atoms with Crippen molar-refractivity contribution in [3.8, 4) is 0 Å². The van der Waals surface area contributed by atoms with Gasteiger partial charge in [0.25, 0.3) is 5.56 Å². The summed E-state index contributed by atoms with van der Waals surface area (Å²) in [6.07, 6.45) is 0.155. The number of aromatic nitrogens is 1. The van der Waals surface area contributed by atoms with Crippen LogP contribution in [-0.2, 0) is 6.42 Å². The number of nitrogens with zero attached hydrogens (tertiary/aromatic N) is 2. The minimum atomic E-state index is -0.711. The molecule has 1 aliphatic rings. The van der Waals surface area contributed by atoms with E-state index < -0.39 is 23.7 Å². The molecule has 8 heteroatoms. The number of rotatable bonds is 5. The molecule has 2 aromatic carbocycles. The predicted octanol–water partition coefficient (Wildman–Crippen LogP) is 3.02. The van der Waals surface area contributed by atoms with Gasteiger partial charge in [-0.3, -0.25) is 9.69 Å². The monoisotopic (exact) mass is 417 g/mol. The van der Waals surface area contributed by atoms with E-state index in [1.807, 2.05) is 9.80 Å². The summed E-state index contributed by atoms with van der Waals surface area (Å²) in [5.74, 6) is -1.66. The van der Waals surface area contributed by atoms with Crippen molar-refractivity contribution in [3.05, 3.63) is 76.0 Å². The Hall–Kier alpha value is -2.84. The van der Waals surface area contributed by atoms with Crippen molar-refractivity contribution in [2.24, 2.45) is 0 Å². The van der Waals surface area contributed by atoms with Crippen LogP contribution in [0.2, 0.25) is 0 Å². The molecule has 4 rings (SSSR count). The number of nitrogens with one attached hydrogen (secondary N) is 1. The molecular weight excluding hydrogens is 395 g/mol. The number of piperazine rings is 1. The van der Waals surface area contributed by atoms with E-state index in [1.165, 1.54) is 24.3 Å². The number of aliphatic hydroxyl groups excluding tert-OH is 1. The lowest BCUT2D eigenvalue weighted by Gasteiger charge is -2.38. The van der Waals surface area contributed by atoms with Gasteiger partial charge in [0, 0.05) is 43.3 Å². The van der Waals surface area contributed by atoms with Gasteiger partial charge in [-0.15, -0.1) is 0 Å². The van der Waals surface area contributed by atoms with Gasteiger partial charge in [-0.25, -0.2) is 13.2 Å². The highest BCUT2D eigenvalue weighted by Gasteiger charge is 2.24. The highest BCUT2D eigenvalue weighted by molar-refractivity contribution is 5.81. The molecule has 30 heavy (non-hydrogen) atoms. The molecule has 1 aliphatic heterocycles. The Morgan fingerprint density at radius 1 is 0.967 bits per heavy atom. The van der Waals surface area contributed by atoms with Gasteiger partial charge in [0.05, 0.1) is 5.69 Å². The van der Waals surface area contributed by atoms with Crippen molar-refractivity contribution >= 4 is 16.5 Å². The van der Waals surface area contributed by atoms with Crippen molar-refractivity contribution in [1.29, 1.82) is 0 Å². The third-order valence-electron chi connectivity index (χ3n) is 5.52. The largest absolute Gasteiger partial charge is 0.378 e. The van der Waals surface area contributed by atoms with E-state index in [1.54, 1.807) is 12.1 Å². The average molecular weight is 417 g/mol. The molecule has 0 aliphatic carbocycles. The SMILES string of the molecule is O=c1[nH]c(CCC(O)N2CCN(c3ccc(F)cc3F)CC2)cc2ccc(F)cc12. The maximum atomic E-state index is 14.0. The van der Waals surface area contributed by atoms with Gasteiger partial charge in [0.1, 0.15) is 23.7 Å². The molecule has 0 radical (unpaired) electrons. The Balaban J connectivity index is 1.35. The van der Waals surface area contributed by atoms with Crippen molar-refractivity contribution in [2.75, 3.05) is 31.1 Å². The number of fused-ring (bicyclic) bond motifs is 1. The number of halogens is 3. The van der Waals surface area contributed by atoms with Crippen LogP contribution in [0.15, 0.2) is 47.3 Å². The number of aromatic amines is 1. The molecule has 0 bridgehead atoms. The van der Waals surface area contributed by atoms with Crippen LogP contribution in [0, 0.1) is 17.5 Å². The molecule has 5 nitrogen and oxygen atoms in total. The van der Waals surface area contributed by atoms with E-state index in [9.17, 15) is 23.1 Å². The number of benzene rings is 2. The Labute approximate surface area is 171 Å². The third kappa shape index (κ3) is 4.34. The van der Waals surface area contributed by atoms with E-state index in [0.29, 0.717) is 61.2 Å². The fourth-order valence-electron chi connectivity index (χ4n) is 3.89. The minimum Gasteiger partial charge on any atom is -0.378 e. The third-order valence-corrected chi connectivity index (χ3v) is 5.52. The van der Waals surface area contributed by atoms with Crippen LogP contribution in [0.5, 0.6) is 0 Å². The van der Waals surface area contributed by atoms with Crippen LogP contribution >= 0.6 is 0 Å². The van der Waals surface area contributed by atoms with E-state index >= 15 is 0 Å². The van der Waals surface area contributed by atoms with Crippen molar-refractivity contribution in [1.82, 2.24) is 9.88 Å². The topological polar surface area (TPSA) is 59.6 Å². The fourth-order valence-corrected chi connectivity index (χ4v) is 3.89. The Morgan fingerprint density at radius 2 is 1.67 bits per heavy atom. The zero-order chi connectivity index (χ0) is 21.3. The number of pyridine rings is 1. The zero-order valence-electron chi connectivity index (χ0n) is 16.2. The quantitative estimate of drug-likeness (QED) is 0.670. The van der Waals surface area contributed by atoms with Crippen LogP contribution in [0.4, 0.5) is 18.9 Å². The molecule has 3 aromatic rings. The molecule has 1 unspecified atom stereocenters. The van der Waals surface area contributed by atoms with Gasteiger partial charge in [-0.1, -0.05) is 6.07 Å².